The topological polar surface area (TPSA) is 81.4 Å². The third-order valence-corrected chi connectivity index (χ3v) is 4.96. The molecule has 1 aromatic carbocycles. The zero-order chi connectivity index (χ0) is 14.0. The van der Waals surface area contributed by atoms with Crippen LogP contribution in [-0.4, -0.2) is 22.1 Å². The van der Waals surface area contributed by atoms with Gasteiger partial charge < -0.3 is 10.5 Å². The lowest BCUT2D eigenvalue weighted by atomic mass is 10.1. The number of nitrogens with one attached hydrogen (secondary N) is 1. The van der Waals surface area contributed by atoms with Gasteiger partial charge in [0, 0.05) is 12.6 Å². The van der Waals surface area contributed by atoms with Gasteiger partial charge in [-0.25, -0.2) is 13.1 Å². The molecule has 0 aliphatic heterocycles. The quantitative estimate of drug-likeness (QED) is 0.777. The number of hydrogen-bond donors (Lipinski definition) is 2. The highest BCUT2D eigenvalue weighted by Gasteiger charge is 2.28. The summed E-state index contributed by atoms with van der Waals surface area (Å²) in [5.41, 5.74) is 6.10. The molecule has 6 heteroatoms. The van der Waals surface area contributed by atoms with Crippen LogP contribution in [0.25, 0.3) is 0 Å². The van der Waals surface area contributed by atoms with Gasteiger partial charge in [-0.15, -0.1) is 0 Å². The van der Waals surface area contributed by atoms with Crippen LogP contribution in [0.4, 0.5) is 5.69 Å². The maximum Gasteiger partial charge on any atom is 0.240 e. The Morgan fingerprint density at radius 3 is 2.74 bits per heavy atom. The first kappa shape index (κ1) is 14.1. The fourth-order valence-corrected chi connectivity index (χ4v) is 3.17. The molecular weight excluding hydrogens is 264 g/mol. The lowest BCUT2D eigenvalue weighted by Crippen LogP contribution is -2.29. The summed E-state index contributed by atoms with van der Waals surface area (Å²) in [6.07, 6.45) is 2.41. The SMILES string of the molecule is COc1cc(S(=O)(=O)NCC(C)C2CC2)ccc1N. The summed E-state index contributed by atoms with van der Waals surface area (Å²) in [5.74, 6) is 1.42. The van der Waals surface area contributed by atoms with Crippen molar-refractivity contribution in [3.05, 3.63) is 18.2 Å². The van der Waals surface area contributed by atoms with Crippen molar-refractivity contribution in [3.63, 3.8) is 0 Å². The molecule has 0 spiro atoms. The number of nitrogens with two attached hydrogens (primary N) is 1. The lowest BCUT2D eigenvalue weighted by molar-refractivity contribution is 0.415. The molecule has 0 saturated heterocycles. The van der Waals surface area contributed by atoms with Crippen LogP contribution in [0.1, 0.15) is 19.8 Å². The molecule has 0 aromatic heterocycles. The van der Waals surface area contributed by atoms with E-state index in [0.29, 0.717) is 29.8 Å². The number of sulfonamides is 1. The minimum Gasteiger partial charge on any atom is -0.495 e. The van der Waals surface area contributed by atoms with Gasteiger partial charge in [-0.3, -0.25) is 0 Å². The molecule has 0 bridgehead atoms. The summed E-state index contributed by atoms with van der Waals surface area (Å²) in [5, 5.41) is 0. The molecule has 3 N–H and O–H groups in total. The number of anilines is 1. The van der Waals surface area contributed by atoms with E-state index in [1.165, 1.54) is 38.2 Å². The Morgan fingerprint density at radius 1 is 1.47 bits per heavy atom. The third kappa shape index (κ3) is 3.39. The second-order valence-electron chi connectivity index (χ2n) is 5.07. The summed E-state index contributed by atoms with van der Waals surface area (Å²) in [6, 6.07) is 4.47. The standard InChI is InChI=1S/C13H20N2O3S/c1-9(10-3-4-10)8-15-19(16,17)11-5-6-12(14)13(7-11)18-2/h5-7,9-10,15H,3-4,8,14H2,1-2H3. The van der Waals surface area contributed by atoms with Crippen molar-refractivity contribution in [2.75, 3.05) is 19.4 Å². The maximum atomic E-state index is 12.2. The highest BCUT2D eigenvalue weighted by molar-refractivity contribution is 7.89. The number of hydrogen-bond acceptors (Lipinski definition) is 4. The van der Waals surface area contributed by atoms with E-state index >= 15 is 0 Å². The number of rotatable bonds is 6. The van der Waals surface area contributed by atoms with E-state index in [1.807, 2.05) is 0 Å². The summed E-state index contributed by atoms with van der Waals surface area (Å²) >= 11 is 0. The van der Waals surface area contributed by atoms with Gasteiger partial charge in [-0.2, -0.15) is 0 Å². The first-order valence-electron chi connectivity index (χ1n) is 6.37. The molecule has 2 rings (SSSR count). The van der Waals surface area contributed by atoms with Gasteiger partial charge in [0.15, 0.2) is 0 Å². The number of methoxy groups -OCH3 is 1. The van der Waals surface area contributed by atoms with Crippen molar-refractivity contribution in [2.24, 2.45) is 11.8 Å². The Labute approximate surface area is 114 Å². The molecule has 1 saturated carbocycles. The molecule has 1 unspecified atom stereocenters. The molecule has 0 radical (unpaired) electrons. The predicted molar refractivity (Wildman–Crippen MR) is 74.5 cm³/mol. The zero-order valence-electron chi connectivity index (χ0n) is 11.2. The van der Waals surface area contributed by atoms with Gasteiger partial charge in [0.05, 0.1) is 17.7 Å². The average Bonchev–Trinajstić information content (AvgIpc) is 3.20. The molecule has 1 fully saturated rings. The molecule has 0 amide bonds. The minimum atomic E-state index is -3.50. The first-order chi connectivity index (χ1) is 8.94. The van der Waals surface area contributed by atoms with Crippen LogP contribution in [0.15, 0.2) is 23.1 Å². The van der Waals surface area contributed by atoms with Crippen molar-refractivity contribution >= 4 is 15.7 Å². The highest BCUT2D eigenvalue weighted by Crippen LogP contribution is 2.36. The van der Waals surface area contributed by atoms with Crippen LogP contribution < -0.4 is 15.2 Å². The van der Waals surface area contributed by atoms with Gasteiger partial charge in [0.25, 0.3) is 0 Å². The minimum absolute atomic E-state index is 0.182. The van der Waals surface area contributed by atoms with Gasteiger partial charge in [0.2, 0.25) is 10.0 Å². The maximum absolute atomic E-state index is 12.2. The summed E-state index contributed by atoms with van der Waals surface area (Å²) in [6.45, 7) is 2.55. The summed E-state index contributed by atoms with van der Waals surface area (Å²) < 4.78 is 32.0. The number of nitrogen functional groups attached to an aromatic ring is 1. The van der Waals surface area contributed by atoms with Crippen molar-refractivity contribution in [1.29, 1.82) is 0 Å². The van der Waals surface area contributed by atoms with Crippen molar-refractivity contribution < 1.29 is 13.2 Å². The van der Waals surface area contributed by atoms with Crippen LogP contribution in [0, 0.1) is 11.8 Å². The second-order valence-corrected chi connectivity index (χ2v) is 6.84. The third-order valence-electron chi connectivity index (χ3n) is 3.54. The fourth-order valence-electron chi connectivity index (χ4n) is 2.02. The predicted octanol–water partition coefficient (Wildman–Crippen LogP) is 1.60. The van der Waals surface area contributed by atoms with Crippen molar-refractivity contribution in [3.8, 4) is 5.75 Å². The molecule has 0 heterocycles. The molecule has 106 valence electrons. The monoisotopic (exact) mass is 284 g/mol. The molecule has 1 atom stereocenters. The highest BCUT2D eigenvalue weighted by atomic mass is 32.2. The lowest BCUT2D eigenvalue weighted by Gasteiger charge is -2.13. The summed E-state index contributed by atoms with van der Waals surface area (Å²) in [4.78, 5) is 0.182. The zero-order valence-corrected chi connectivity index (χ0v) is 12.0. The van der Waals surface area contributed by atoms with E-state index in [4.69, 9.17) is 10.5 Å². The summed E-state index contributed by atoms with van der Waals surface area (Å²) in [7, 11) is -2.03. The second kappa shape index (κ2) is 5.38. The Bertz CT molecular complexity index is 553. The van der Waals surface area contributed by atoms with Crippen LogP contribution in [0.2, 0.25) is 0 Å². The molecule has 1 aliphatic rings. The van der Waals surface area contributed by atoms with Crippen LogP contribution in [0.5, 0.6) is 5.75 Å². The van der Waals surface area contributed by atoms with E-state index in [-0.39, 0.29) is 4.90 Å². The van der Waals surface area contributed by atoms with E-state index in [9.17, 15) is 8.42 Å². The van der Waals surface area contributed by atoms with Gasteiger partial charge >= 0.3 is 0 Å². The van der Waals surface area contributed by atoms with E-state index in [1.54, 1.807) is 0 Å². The van der Waals surface area contributed by atoms with E-state index in [0.717, 1.165) is 0 Å². The Morgan fingerprint density at radius 2 is 2.16 bits per heavy atom. The van der Waals surface area contributed by atoms with Crippen LogP contribution in [-0.2, 0) is 10.0 Å². The van der Waals surface area contributed by atoms with Gasteiger partial charge in [-0.05, 0) is 36.8 Å². The Hall–Kier alpha value is -1.27. The van der Waals surface area contributed by atoms with Crippen molar-refractivity contribution in [2.45, 2.75) is 24.7 Å². The molecular formula is C13H20N2O3S. The smallest absolute Gasteiger partial charge is 0.240 e. The first-order valence-corrected chi connectivity index (χ1v) is 7.85. The Kier molecular flexibility index (Phi) is 4.01. The molecule has 1 aliphatic carbocycles. The van der Waals surface area contributed by atoms with Crippen LogP contribution in [0.3, 0.4) is 0 Å². The molecule has 19 heavy (non-hydrogen) atoms. The van der Waals surface area contributed by atoms with Gasteiger partial charge in [0.1, 0.15) is 5.75 Å². The molecule has 5 nitrogen and oxygen atoms in total. The van der Waals surface area contributed by atoms with E-state index < -0.39 is 10.0 Å². The largest absolute Gasteiger partial charge is 0.495 e. The normalized spacial score (nSPS) is 17.2. The van der Waals surface area contributed by atoms with Crippen LogP contribution >= 0.6 is 0 Å². The number of benzene rings is 1. The molecule has 1 aromatic rings. The fraction of sp³-hybridized carbons (Fsp3) is 0.538. The van der Waals surface area contributed by atoms with Gasteiger partial charge in [-0.1, -0.05) is 6.92 Å². The number of ether oxygens (including phenoxy) is 1. The average molecular weight is 284 g/mol. The van der Waals surface area contributed by atoms with Crippen molar-refractivity contribution in [1.82, 2.24) is 4.72 Å². The Balaban J connectivity index is 2.09. The van der Waals surface area contributed by atoms with E-state index in [2.05, 4.69) is 11.6 Å².